The molecule has 0 aliphatic heterocycles. The highest BCUT2D eigenvalue weighted by Gasteiger charge is 1.86. The second kappa shape index (κ2) is 9.27. The minimum atomic E-state index is 0.253. The highest BCUT2D eigenvalue weighted by atomic mass is 32.2. The Morgan fingerprint density at radius 3 is 2.70 bits per heavy atom. The van der Waals surface area contributed by atoms with Crippen molar-refractivity contribution < 1.29 is 5.11 Å². The van der Waals surface area contributed by atoms with Gasteiger partial charge < -0.3 is 10.4 Å². The summed E-state index contributed by atoms with van der Waals surface area (Å²) in [5, 5.41) is 11.5. The maximum atomic E-state index is 8.40. The molecule has 0 unspecified atom stereocenters. The molecule has 0 rings (SSSR count). The fraction of sp³-hybridized carbons (Fsp3) is 1.00. The molecule has 0 atom stereocenters. The highest BCUT2D eigenvalue weighted by molar-refractivity contribution is 7.98. The average Bonchev–Trinajstić information content (AvgIpc) is 1.97. The first kappa shape index (κ1) is 10.3. The first-order valence-electron chi connectivity index (χ1n) is 3.72. The van der Waals surface area contributed by atoms with Gasteiger partial charge in [-0.1, -0.05) is 0 Å². The Bertz CT molecular complexity index is 53.6. The quantitative estimate of drug-likeness (QED) is 0.542. The zero-order valence-corrected chi connectivity index (χ0v) is 7.41. The van der Waals surface area contributed by atoms with E-state index in [2.05, 4.69) is 11.6 Å². The van der Waals surface area contributed by atoms with Crippen LogP contribution >= 0.6 is 11.8 Å². The predicted octanol–water partition coefficient (Wildman–Crippen LogP) is 0.711. The molecule has 2 N–H and O–H groups in total. The summed E-state index contributed by atoms with van der Waals surface area (Å²) in [6.45, 7) is 2.03. The molecular formula is C7H17NOS. The largest absolute Gasteiger partial charge is 0.395 e. The fourth-order valence-electron chi connectivity index (χ4n) is 0.700. The van der Waals surface area contributed by atoms with Crippen molar-refractivity contribution in [1.29, 1.82) is 0 Å². The number of unbranched alkanes of at least 4 members (excludes halogenated alkanes) is 1. The third-order valence-electron chi connectivity index (χ3n) is 1.24. The van der Waals surface area contributed by atoms with E-state index in [1.807, 2.05) is 11.8 Å². The summed E-state index contributed by atoms with van der Waals surface area (Å²) in [4.78, 5) is 0. The molecule has 0 spiro atoms. The summed E-state index contributed by atoms with van der Waals surface area (Å²) < 4.78 is 0. The first-order chi connectivity index (χ1) is 4.91. The maximum Gasteiger partial charge on any atom is 0.0555 e. The van der Waals surface area contributed by atoms with E-state index in [9.17, 15) is 0 Å². The topological polar surface area (TPSA) is 32.3 Å². The highest BCUT2D eigenvalue weighted by Crippen LogP contribution is 1.97. The van der Waals surface area contributed by atoms with E-state index >= 15 is 0 Å². The van der Waals surface area contributed by atoms with Gasteiger partial charge in [-0.25, -0.2) is 0 Å². The molecular weight excluding hydrogens is 146 g/mol. The number of rotatable bonds is 7. The minimum absolute atomic E-state index is 0.253. The number of thioether (sulfide) groups is 1. The summed E-state index contributed by atoms with van der Waals surface area (Å²) in [6, 6.07) is 0. The molecule has 2 nitrogen and oxygen atoms in total. The number of nitrogens with one attached hydrogen (secondary N) is 1. The molecule has 0 fully saturated rings. The van der Waals surface area contributed by atoms with Crippen LogP contribution < -0.4 is 5.32 Å². The molecule has 10 heavy (non-hydrogen) atoms. The Kier molecular flexibility index (Phi) is 9.52. The Balaban J connectivity index is 2.65. The molecule has 0 aliphatic carbocycles. The molecule has 0 saturated carbocycles. The van der Waals surface area contributed by atoms with Gasteiger partial charge in [-0.05, 0) is 31.4 Å². The molecule has 0 amide bonds. The van der Waals surface area contributed by atoms with Crippen LogP contribution in [0.1, 0.15) is 12.8 Å². The van der Waals surface area contributed by atoms with Crippen LogP contribution in [0.4, 0.5) is 0 Å². The van der Waals surface area contributed by atoms with Crippen LogP contribution in [-0.2, 0) is 0 Å². The van der Waals surface area contributed by atoms with Crippen LogP contribution in [0.3, 0.4) is 0 Å². The van der Waals surface area contributed by atoms with E-state index in [1.54, 1.807) is 0 Å². The molecule has 0 aliphatic rings. The first-order valence-corrected chi connectivity index (χ1v) is 5.11. The standard InChI is InChI=1S/C7H17NOS/c1-10-7-3-2-4-8-5-6-9/h8-9H,2-7H2,1H3. The van der Waals surface area contributed by atoms with E-state index in [0.29, 0.717) is 0 Å². The van der Waals surface area contributed by atoms with E-state index in [4.69, 9.17) is 5.11 Å². The molecule has 0 aromatic carbocycles. The van der Waals surface area contributed by atoms with Gasteiger partial charge in [-0.2, -0.15) is 11.8 Å². The smallest absolute Gasteiger partial charge is 0.0555 e. The molecule has 3 heteroatoms. The van der Waals surface area contributed by atoms with Gasteiger partial charge in [0.25, 0.3) is 0 Å². The van der Waals surface area contributed by atoms with Crippen molar-refractivity contribution in [3.8, 4) is 0 Å². The average molecular weight is 163 g/mol. The van der Waals surface area contributed by atoms with Gasteiger partial charge >= 0.3 is 0 Å². The van der Waals surface area contributed by atoms with Crippen LogP contribution in [-0.4, -0.2) is 36.8 Å². The number of hydrogen-bond donors (Lipinski definition) is 2. The summed E-state index contributed by atoms with van der Waals surface area (Å²) in [6.07, 6.45) is 4.63. The molecule has 0 radical (unpaired) electrons. The van der Waals surface area contributed by atoms with Gasteiger partial charge in [0.05, 0.1) is 6.61 Å². The Morgan fingerprint density at radius 1 is 1.30 bits per heavy atom. The maximum absolute atomic E-state index is 8.40. The van der Waals surface area contributed by atoms with Crippen molar-refractivity contribution in [3.63, 3.8) is 0 Å². The molecule has 0 aromatic heterocycles. The normalized spacial score (nSPS) is 10.2. The SMILES string of the molecule is CSCCCCNCCO. The monoisotopic (exact) mass is 163 g/mol. The van der Waals surface area contributed by atoms with Crippen LogP contribution in [0, 0.1) is 0 Å². The summed E-state index contributed by atoms with van der Waals surface area (Å²) >= 11 is 1.89. The third kappa shape index (κ3) is 8.27. The Morgan fingerprint density at radius 2 is 2.10 bits per heavy atom. The molecule has 62 valence electrons. The van der Waals surface area contributed by atoms with Crippen LogP contribution in [0.2, 0.25) is 0 Å². The minimum Gasteiger partial charge on any atom is -0.395 e. The Hall–Kier alpha value is 0.270. The molecule has 0 aromatic rings. The van der Waals surface area contributed by atoms with Gasteiger partial charge in [-0.15, -0.1) is 0 Å². The molecule has 0 saturated heterocycles. The summed E-state index contributed by atoms with van der Waals surface area (Å²) in [5.74, 6) is 1.25. The lowest BCUT2D eigenvalue weighted by molar-refractivity contribution is 0.292. The number of hydrogen-bond acceptors (Lipinski definition) is 3. The molecule has 0 heterocycles. The van der Waals surface area contributed by atoms with Crippen LogP contribution in [0.5, 0.6) is 0 Å². The van der Waals surface area contributed by atoms with Crippen LogP contribution in [0.15, 0.2) is 0 Å². The van der Waals surface area contributed by atoms with E-state index < -0.39 is 0 Å². The zero-order valence-electron chi connectivity index (χ0n) is 6.60. The zero-order chi connectivity index (χ0) is 7.66. The van der Waals surface area contributed by atoms with Crippen molar-refractivity contribution in [2.75, 3.05) is 31.7 Å². The second-order valence-corrected chi connectivity index (χ2v) is 3.16. The lowest BCUT2D eigenvalue weighted by Crippen LogP contribution is -2.19. The van der Waals surface area contributed by atoms with Crippen molar-refractivity contribution in [2.45, 2.75) is 12.8 Å². The lowest BCUT2D eigenvalue weighted by Gasteiger charge is -2.00. The number of aliphatic hydroxyl groups excluding tert-OH is 1. The predicted molar refractivity (Wildman–Crippen MR) is 47.6 cm³/mol. The lowest BCUT2D eigenvalue weighted by atomic mass is 10.3. The van der Waals surface area contributed by atoms with E-state index in [-0.39, 0.29) is 6.61 Å². The van der Waals surface area contributed by atoms with Gasteiger partial charge in [0.2, 0.25) is 0 Å². The van der Waals surface area contributed by atoms with Gasteiger partial charge in [0.15, 0.2) is 0 Å². The van der Waals surface area contributed by atoms with Crippen molar-refractivity contribution >= 4 is 11.8 Å². The third-order valence-corrected chi connectivity index (χ3v) is 1.94. The van der Waals surface area contributed by atoms with E-state index in [0.717, 1.165) is 13.1 Å². The van der Waals surface area contributed by atoms with E-state index in [1.165, 1.54) is 18.6 Å². The summed E-state index contributed by atoms with van der Waals surface area (Å²) in [7, 11) is 0. The van der Waals surface area contributed by atoms with Gasteiger partial charge in [0.1, 0.15) is 0 Å². The fourth-order valence-corrected chi connectivity index (χ4v) is 1.19. The number of aliphatic hydroxyl groups is 1. The second-order valence-electron chi connectivity index (χ2n) is 2.17. The summed E-state index contributed by atoms with van der Waals surface area (Å²) in [5.41, 5.74) is 0. The van der Waals surface area contributed by atoms with Crippen LogP contribution in [0.25, 0.3) is 0 Å². The van der Waals surface area contributed by atoms with Crippen molar-refractivity contribution in [1.82, 2.24) is 5.32 Å². The molecule has 0 bridgehead atoms. The van der Waals surface area contributed by atoms with Gasteiger partial charge in [0, 0.05) is 6.54 Å². The van der Waals surface area contributed by atoms with Crippen molar-refractivity contribution in [3.05, 3.63) is 0 Å². The Labute approximate surface area is 67.4 Å². The van der Waals surface area contributed by atoms with Gasteiger partial charge in [-0.3, -0.25) is 0 Å². The van der Waals surface area contributed by atoms with Crippen molar-refractivity contribution in [2.24, 2.45) is 0 Å².